The summed E-state index contributed by atoms with van der Waals surface area (Å²) in [5.74, 6) is 0.684. The van der Waals surface area contributed by atoms with Crippen LogP contribution in [0, 0.1) is 6.92 Å². The van der Waals surface area contributed by atoms with Crippen molar-refractivity contribution < 1.29 is 9.47 Å². The normalized spacial score (nSPS) is 16.9. The van der Waals surface area contributed by atoms with Crippen molar-refractivity contribution in [2.24, 2.45) is 0 Å². The second kappa shape index (κ2) is 7.77. The van der Waals surface area contributed by atoms with Crippen molar-refractivity contribution in [1.29, 1.82) is 0 Å². The molecule has 4 heterocycles. The van der Waals surface area contributed by atoms with Gasteiger partial charge in [-0.3, -0.25) is 9.36 Å². The highest BCUT2D eigenvalue weighted by Crippen LogP contribution is 2.26. The maximum atomic E-state index is 13.6. The first-order valence-corrected chi connectivity index (χ1v) is 10.4. The number of aromatic nitrogens is 5. The molecule has 3 aromatic heterocycles. The zero-order chi connectivity index (χ0) is 20.7. The Morgan fingerprint density at radius 3 is 2.67 bits per heavy atom. The van der Waals surface area contributed by atoms with Crippen LogP contribution in [0.1, 0.15) is 25.1 Å². The average Bonchev–Trinajstić information content (AvgIpc) is 3.36. The molecule has 0 aliphatic carbocycles. The first-order chi connectivity index (χ1) is 14.7. The number of para-hydroxylation sites is 2. The van der Waals surface area contributed by atoms with Crippen molar-refractivity contribution >= 4 is 33.2 Å². The lowest BCUT2D eigenvalue weighted by atomic mass is 10.2. The van der Waals surface area contributed by atoms with Gasteiger partial charge in [0.25, 0.3) is 5.56 Å². The molecule has 1 saturated heterocycles. The number of fused-ring (bicyclic) bond motifs is 4. The molecule has 4 aromatic rings. The van der Waals surface area contributed by atoms with Crippen LogP contribution >= 0.6 is 0 Å². The van der Waals surface area contributed by atoms with E-state index in [2.05, 4.69) is 0 Å². The van der Waals surface area contributed by atoms with Crippen LogP contribution in [0.2, 0.25) is 0 Å². The number of aryl methyl sites for hydroxylation is 2. The fourth-order valence-corrected chi connectivity index (χ4v) is 4.28. The van der Waals surface area contributed by atoms with Gasteiger partial charge >= 0.3 is 0 Å². The van der Waals surface area contributed by atoms with Crippen LogP contribution in [0.4, 0.5) is 0 Å². The lowest BCUT2D eigenvalue weighted by Crippen LogP contribution is -2.29. The second-order valence-corrected chi connectivity index (χ2v) is 7.79. The third-order valence-electron chi connectivity index (χ3n) is 5.78. The Balaban J connectivity index is 1.77. The molecule has 5 rings (SSSR count). The summed E-state index contributed by atoms with van der Waals surface area (Å²) in [7, 11) is 1.69. The summed E-state index contributed by atoms with van der Waals surface area (Å²) in [5.41, 5.74) is 3.44. The van der Waals surface area contributed by atoms with Gasteiger partial charge in [-0.15, -0.1) is 0 Å². The van der Waals surface area contributed by atoms with Gasteiger partial charge in [0.2, 0.25) is 0 Å². The quantitative estimate of drug-likeness (QED) is 0.457. The van der Waals surface area contributed by atoms with Gasteiger partial charge in [0, 0.05) is 26.9 Å². The zero-order valence-corrected chi connectivity index (χ0v) is 17.3. The van der Waals surface area contributed by atoms with E-state index in [1.807, 2.05) is 35.8 Å². The van der Waals surface area contributed by atoms with Crippen molar-refractivity contribution in [1.82, 2.24) is 24.1 Å². The molecule has 0 N–H and O–H groups in total. The maximum Gasteiger partial charge on any atom is 0.265 e. The van der Waals surface area contributed by atoms with Gasteiger partial charge in [-0.2, -0.15) is 0 Å². The van der Waals surface area contributed by atoms with Crippen LogP contribution < -0.4 is 5.56 Å². The van der Waals surface area contributed by atoms with Crippen LogP contribution in [0.25, 0.3) is 33.2 Å². The largest absolute Gasteiger partial charge is 0.385 e. The molecule has 1 atom stereocenters. The molecular formula is C22H25N5O3. The van der Waals surface area contributed by atoms with Crippen molar-refractivity contribution in [3.8, 4) is 0 Å². The zero-order valence-electron chi connectivity index (χ0n) is 17.3. The van der Waals surface area contributed by atoms with E-state index in [9.17, 15) is 4.79 Å². The first-order valence-electron chi connectivity index (χ1n) is 10.4. The Kier molecular flexibility index (Phi) is 4.96. The average molecular weight is 407 g/mol. The lowest BCUT2D eigenvalue weighted by Gasteiger charge is -2.14. The van der Waals surface area contributed by atoms with Crippen molar-refractivity contribution in [2.45, 2.75) is 45.4 Å². The molecule has 0 saturated carbocycles. The van der Waals surface area contributed by atoms with Crippen molar-refractivity contribution in [3.63, 3.8) is 0 Å². The Morgan fingerprint density at radius 2 is 1.93 bits per heavy atom. The SMILES string of the molecule is COCCCn1c2nc3ccccc3nc2c2c(=O)n(C[C@@H]3CCCO3)c(C)nc21. The molecular weight excluding hydrogens is 382 g/mol. The van der Waals surface area contributed by atoms with Gasteiger partial charge in [-0.1, -0.05) is 12.1 Å². The first kappa shape index (κ1) is 19.1. The van der Waals surface area contributed by atoms with Crippen LogP contribution in [-0.4, -0.2) is 50.5 Å². The van der Waals surface area contributed by atoms with Crippen LogP contribution in [0.15, 0.2) is 29.1 Å². The number of rotatable bonds is 6. The van der Waals surface area contributed by atoms with Gasteiger partial charge in [0.15, 0.2) is 11.3 Å². The number of hydrogen-bond donors (Lipinski definition) is 0. The Hall–Kier alpha value is -2.84. The van der Waals surface area contributed by atoms with Gasteiger partial charge in [0.1, 0.15) is 16.7 Å². The summed E-state index contributed by atoms with van der Waals surface area (Å²) >= 11 is 0. The summed E-state index contributed by atoms with van der Waals surface area (Å²) in [6, 6.07) is 7.73. The summed E-state index contributed by atoms with van der Waals surface area (Å²) in [6.45, 7) is 4.43. The van der Waals surface area contributed by atoms with Crippen LogP contribution in [0.5, 0.6) is 0 Å². The highest BCUT2D eigenvalue weighted by atomic mass is 16.5. The Bertz CT molecular complexity index is 1290. The standard InChI is InChI=1S/C22H25N5O3/c1-14-23-20-18(22(28)27(14)13-15-7-5-12-30-15)19-21(26(20)10-6-11-29-2)25-17-9-4-3-8-16(17)24-19/h3-4,8-9,15H,5-7,10-13H2,1-2H3/t15-/m0/s1. The molecule has 8 nitrogen and oxygen atoms in total. The summed E-state index contributed by atoms with van der Waals surface area (Å²) < 4.78 is 14.7. The van der Waals surface area contributed by atoms with E-state index >= 15 is 0 Å². The molecule has 1 fully saturated rings. The molecule has 1 aliphatic heterocycles. The smallest absolute Gasteiger partial charge is 0.265 e. The fraction of sp³-hybridized carbons (Fsp3) is 0.455. The number of benzene rings is 1. The molecule has 1 aliphatic rings. The minimum absolute atomic E-state index is 0.0580. The number of nitrogens with zero attached hydrogens (tertiary/aromatic N) is 5. The monoisotopic (exact) mass is 407 g/mol. The van der Waals surface area contributed by atoms with Gasteiger partial charge in [0.05, 0.1) is 23.7 Å². The molecule has 0 radical (unpaired) electrons. The van der Waals surface area contributed by atoms with Crippen molar-refractivity contribution in [3.05, 3.63) is 40.4 Å². The maximum absolute atomic E-state index is 13.6. The number of ether oxygens (including phenoxy) is 2. The molecule has 30 heavy (non-hydrogen) atoms. The molecule has 0 spiro atoms. The Morgan fingerprint density at radius 1 is 1.13 bits per heavy atom. The third-order valence-corrected chi connectivity index (χ3v) is 5.78. The van der Waals surface area contributed by atoms with Crippen molar-refractivity contribution in [2.75, 3.05) is 20.3 Å². The van der Waals surface area contributed by atoms with E-state index in [0.717, 1.165) is 36.9 Å². The molecule has 1 aromatic carbocycles. The van der Waals surface area contributed by atoms with E-state index in [1.165, 1.54) is 0 Å². The predicted octanol–water partition coefficient (Wildman–Crippen LogP) is 2.82. The van der Waals surface area contributed by atoms with E-state index in [4.69, 9.17) is 24.4 Å². The van der Waals surface area contributed by atoms with Crippen LogP contribution in [0.3, 0.4) is 0 Å². The van der Waals surface area contributed by atoms with Gasteiger partial charge in [-0.25, -0.2) is 15.0 Å². The van der Waals surface area contributed by atoms with Gasteiger partial charge < -0.3 is 14.0 Å². The van der Waals surface area contributed by atoms with E-state index in [-0.39, 0.29) is 11.7 Å². The fourth-order valence-electron chi connectivity index (χ4n) is 4.28. The third kappa shape index (κ3) is 3.16. The number of methoxy groups -OCH3 is 1. The molecule has 0 amide bonds. The second-order valence-electron chi connectivity index (χ2n) is 7.79. The molecule has 156 valence electrons. The minimum Gasteiger partial charge on any atom is -0.385 e. The predicted molar refractivity (Wildman–Crippen MR) is 115 cm³/mol. The van der Waals surface area contributed by atoms with E-state index in [0.29, 0.717) is 47.7 Å². The summed E-state index contributed by atoms with van der Waals surface area (Å²) in [5, 5.41) is 0.532. The topological polar surface area (TPSA) is 84.1 Å². The molecule has 0 bridgehead atoms. The van der Waals surface area contributed by atoms with Crippen LogP contribution in [-0.2, 0) is 22.6 Å². The lowest BCUT2D eigenvalue weighted by molar-refractivity contribution is 0.0955. The minimum atomic E-state index is -0.0759. The van der Waals surface area contributed by atoms with E-state index in [1.54, 1.807) is 11.7 Å². The highest BCUT2D eigenvalue weighted by Gasteiger charge is 2.23. The number of hydrogen-bond acceptors (Lipinski definition) is 6. The Labute approximate surface area is 173 Å². The summed E-state index contributed by atoms with van der Waals surface area (Å²) in [6.07, 6.45) is 2.85. The molecule has 8 heteroatoms. The summed E-state index contributed by atoms with van der Waals surface area (Å²) in [4.78, 5) is 28.1. The molecule has 0 unspecified atom stereocenters. The van der Waals surface area contributed by atoms with Gasteiger partial charge in [-0.05, 0) is 38.3 Å². The van der Waals surface area contributed by atoms with E-state index < -0.39 is 0 Å². The highest BCUT2D eigenvalue weighted by molar-refractivity contribution is 6.04.